The predicted molar refractivity (Wildman–Crippen MR) is 50.4 cm³/mol. The summed E-state index contributed by atoms with van der Waals surface area (Å²) in [6.45, 7) is 1.93. The zero-order chi connectivity index (χ0) is 8.93. The maximum Gasteiger partial charge on any atom is 0.0592 e. The first kappa shape index (κ1) is 8.75. The van der Waals surface area contributed by atoms with Crippen molar-refractivity contribution < 1.29 is 4.74 Å². The van der Waals surface area contributed by atoms with Gasteiger partial charge in [0.05, 0.1) is 6.10 Å². The van der Waals surface area contributed by atoms with Crippen molar-refractivity contribution in [1.82, 2.24) is 9.78 Å². The molecule has 0 aliphatic carbocycles. The minimum atomic E-state index is 0.470. The van der Waals surface area contributed by atoms with Crippen molar-refractivity contribution in [2.75, 3.05) is 6.61 Å². The third-order valence-electron chi connectivity index (χ3n) is 2.51. The zero-order valence-electron chi connectivity index (χ0n) is 7.85. The van der Waals surface area contributed by atoms with Crippen LogP contribution in [0.5, 0.6) is 0 Å². The minimum Gasteiger partial charge on any atom is -0.378 e. The predicted octanol–water partition coefficient (Wildman–Crippen LogP) is 1.84. The Morgan fingerprint density at radius 3 is 3.15 bits per heavy atom. The monoisotopic (exact) mass is 180 g/mol. The summed E-state index contributed by atoms with van der Waals surface area (Å²) in [5, 5.41) is 4.16. The molecule has 1 aliphatic rings. The molecule has 72 valence electrons. The van der Waals surface area contributed by atoms with Crippen LogP contribution in [0.15, 0.2) is 18.5 Å². The van der Waals surface area contributed by atoms with E-state index in [4.69, 9.17) is 4.74 Å². The number of hydrogen-bond acceptors (Lipinski definition) is 2. The number of aryl methyl sites for hydroxylation is 1. The van der Waals surface area contributed by atoms with Gasteiger partial charge in [-0.25, -0.2) is 0 Å². The molecule has 2 rings (SSSR count). The lowest BCUT2D eigenvalue weighted by atomic mass is 10.1. The molecule has 1 saturated heterocycles. The molecule has 1 unspecified atom stereocenters. The van der Waals surface area contributed by atoms with Crippen LogP contribution < -0.4 is 0 Å². The van der Waals surface area contributed by atoms with E-state index in [1.54, 1.807) is 0 Å². The highest BCUT2D eigenvalue weighted by atomic mass is 16.5. The average molecular weight is 180 g/mol. The molecular formula is C10H16N2O. The van der Waals surface area contributed by atoms with Crippen molar-refractivity contribution >= 4 is 0 Å². The smallest absolute Gasteiger partial charge is 0.0592 e. The number of nitrogens with zero attached hydrogens (tertiary/aromatic N) is 2. The lowest BCUT2D eigenvalue weighted by Crippen LogP contribution is -2.20. The van der Waals surface area contributed by atoms with Gasteiger partial charge < -0.3 is 4.74 Å². The highest BCUT2D eigenvalue weighted by Crippen LogP contribution is 2.15. The molecule has 0 N–H and O–H groups in total. The molecule has 1 aliphatic heterocycles. The van der Waals surface area contributed by atoms with E-state index in [1.807, 2.05) is 23.1 Å². The Morgan fingerprint density at radius 1 is 1.46 bits per heavy atom. The Balaban J connectivity index is 1.72. The summed E-state index contributed by atoms with van der Waals surface area (Å²) in [5.74, 6) is 0. The number of hydrogen-bond donors (Lipinski definition) is 0. The Morgan fingerprint density at radius 2 is 2.46 bits per heavy atom. The molecule has 2 heterocycles. The first-order chi connectivity index (χ1) is 6.45. The van der Waals surface area contributed by atoms with Crippen molar-refractivity contribution in [3.63, 3.8) is 0 Å². The number of aromatic nitrogens is 2. The van der Waals surface area contributed by atoms with E-state index >= 15 is 0 Å². The Labute approximate surface area is 78.7 Å². The van der Waals surface area contributed by atoms with E-state index in [9.17, 15) is 0 Å². The zero-order valence-corrected chi connectivity index (χ0v) is 7.85. The van der Waals surface area contributed by atoms with Crippen LogP contribution in [0.4, 0.5) is 0 Å². The summed E-state index contributed by atoms with van der Waals surface area (Å²) in [7, 11) is 0. The molecule has 0 spiro atoms. The lowest BCUT2D eigenvalue weighted by molar-refractivity contribution is 0.00828. The Kier molecular flexibility index (Phi) is 2.98. The van der Waals surface area contributed by atoms with E-state index in [0.717, 1.165) is 19.6 Å². The molecule has 0 amide bonds. The van der Waals surface area contributed by atoms with Gasteiger partial charge in [-0.3, -0.25) is 4.68 Å². The molecule has 3 heteroatoms. The van der Waals surface area contributed by atoms with E-state index < -0.39 is 0 Å². The quantitative estimate of drug-likeness (QED) is 0.709. The second-order valence-electron chi connectivity index (χ2n) is 3.55. The summed E-state index contributed by atoms with van der Waals surface area (Å²) >= 11 is 0. The molecule has 0 saturated carbocycles. The molecule has 1 fully saturated rings. The first-order valence-electron chi connectivity index (χ1n) is 5.04. The molecular weight excluding hydrogens is 164 g/mol. The van der Waals surface area contributed by atoms with Crippen molar-refractivity contribution in [1.29, 1.82) is 0 Å². The van der Waals surface area contributed by atoms with E-state index in [0.29, 0.717) is 6.10 Å². The van der Waals surface area contributed by atoms with Gasteiger partial charge in [0.25, 0.3) is 0 Å². The summed E-state index contributed by atoms with van der Waals surface area (Å²) in [6.07, 6.45) is 9.17. The maximum atomic E-state index is 5.64. The van der Waals surface area contributed by atoms with Crippen LogP contribution in [-0.4, -0.2) is 22.5 Å². The van der Waals surface area contributed by atoms with Gasteiger partial charge in [-0.2, -0.15) is 5.10 Å². The molecule has 1 aromatic rings. The van der Waals surface area contributed by atoms with Gasteiger partial charge in [-0.1, -0.05) is 0 Å². The van der Waals surface area contributed by atoms with E-state index in [2.05, 4.69) is 5.10 Å². The van der Waals surface area contributed by atoms with Gasteiger partial charge in [0.1, 0.15) is 0 Å². The van der Waals surface area contributed by atoms with Gasteiger partial charge >= 0.3 is 0 Å². The standard InChI is InChI=1S/C10H16N2O/c1-2-9-13-10(4-1)5-8-12-7-3-6-11-12/h3,6-7,10H,1-2,4-5,8-9H2. The first-order valence-corrected chi connectivity index (χ1v) is 5.04. The fraction of sp³-hybridized carbons (Fsp3) is 0.700. The summed E-state index contributed by atoms with van der Waals surface area (Å²) in [6, 6.07) is 1.96. The van der Waals surface area contributed by atoms with Gasteiger partial charge in [-0.05, 0) is 31.7 Å². The largest absolute Gasteiger partial charge is 0.378 e. The SMILES string of the molecule is c1cnn(CCC2CCCCO2)c1. The number of ether oxygens (including phenoxy) is 1. The topological polar surface area (TPSA) is 27.1 Å². The van der Waals surface area contributed by atoms with Gasteiger partial charge in [0.2, 0.25) is 0 Å². The highest BCUT2D eigenvalue weighted by Gasteiger charge is 2.13. The van der Waals surface area contributed by atoms with E-state index in [1.165, 1.54) is 19.3 Å². The Hall–Kier alpha value is -0.830. The second-order valence-corrected chi connectivity index (χ2v) is 3.55. The van der Waals surface area contributed by atoms with Crippen molar-refractivity contribution in [3.05, 3.63) is 18.5 Å². The average Bonchev–Trinajstić information content (AvgIpc) is 2.69. The van der Waals surface area contributed by atoms with Crippen molar-refractivity contribution in [2.24, 2.45) is 0 Å². The summed E-state index contributed by atoms with van der Waals surface area (Å²) in [5.41, 5.74) is 0. The molecule has 1 atom stereocenters. The van der Waals surface area contributed by atoms with Crippen molar-refractivity contribution in [3.8, 4) is 0 Å². The van der Waals surface area contributed by atoms with E-state index in [-0.39, 0.29) is 0 Å². The molecule has 0 bridgehead atoms. The van der Waals surface area contributed by atoms with Crippen LogP contribution in [0.2, 0.25) is 0 Å². The molecule has 0 aromatic carbocycles. The van der Waals surface area contributed by atoms with Crippen LogP contribution in [-0.2, 0) is 11.3 Å². The second kappa shape index (κ2) is 4.42. The third-order valence-corrected chi connectivity index (χ3v) is 2.51. The molecule has 3 nitrogen and oxygen atoms in total. The normalized spacial score (nSPS) is 23.2. The maximum absolute atomic E-state index is 5.64. The van der Waals surface area contributed by atoms with Crippen molar-refractivity contribution in [2.45, 2.75) is 38.3 Å². The fourth-order valence-corrected chi connectivity index (χ4v) is 1.74. The van der Waals surface area contributed by atoms with Crippen LogP contribution in [0, 0.1) is 0 Å². The fourth-order valence-electron chi connectivity index (χ4n) is 1.74. The van der Waals surface area contributed by atoms with Crippen LogP contribution >= 0.6 is 0 Å². The molecule has 1 aromatic heterocycles. The number of rotatable bonds is 3. The van der Waals surface area contributed by atoms with Gasteiger partial charge in [-0.15, -0.1) is 0 Å². The van der Waals surface area contributed by atoms with Crippen LogP contribution in [0.1, 0.15) is 25.7 Å². The molecule has 0 radical (unpaired) electrons. The highest BCUT2D eigenvalue weighted by molar-refractivity contribution is 4.78. The summed E-state index contributed by atoms with van der Waals surface area (Å²) in [4.78, 5) is 0. The Bertz CT molecular complexity index is 227. The van der Waals surface area contributed by atoms with Crippen LogP contribution in [0.3, 0.4) is 0 Å². The van der Waals surface area contributed by atoms with Gasteiger partial charge in [0, 0.05) is 25.5 Å². The summed E-state index contributed by atoms with van der Waals surface area (Å²) < 4.78 is 7.61. The molecule has 13 heavy (non-hydrogen) atoms. The lowest BCUT2D eigenvalue weighted by Gasteiger charge is -2.22. The van der Waals surface area contributed by atoms with Crippen LogP contribution in [0.25, 0.3) is 0 Å². The third kappa shape index (κ3) is 2.56. The minimum absolute atomic E-state index is 0.470. The van der Waals surface area contributed by atoms with Gasteiger partial charge in [0.15, 0.2) is 0 Å².